The molecule has 0 saturated carbocycles. The topological polar surface area (TPSA) is 39.4 Å². The molecule has 0 aliphatic rings. The summed E-state index contributed by atoms with van der Waals surface area (Å²) in [6, 6.07) is 24.4. The molecular formula is C22H16O3. The number of ether oxygens (including phenoxy) is 1. The molecule has 0 spiro atoms. The number of carbonyl (C=O) groups is 1. The quantitative estimate of drug-likeness (QED) is 0.475. The number of methoxy groups -OCH3 is 1. The second kappa shape index (κ2) is 6.29. The van der Waals surface area contributed by atoms with E-state index in [1.165, 1.54) is 0 Å². The van der Waals surface area contributed by atoms with Gasteiger partial charge < -0.3 is 9.15 Å². The van der Waals surface area contributed by atoms with Crippen LogP contribution < -0.4 is 4.74 Å². The van der Waals surface area contributed by atoms with Crippen LogP contribution in [0.3, 0.4) is 0 Å². The van der Waals surface area contributed by atoms with E-state index in [0.29, 0.717) is 22.5 Å². The summed E-state index contributed by atoms with van der Waals surface area (Å²) in [5, 5.41) is 0.821. The molecule has 1 aromatic heterocycles. The Labute approximate surface area is 145 Å². The van der Waals surface area contributed by atoms with Crippen molar-refractivity contribution in [1.29, 1.82) is 0 Å². The third kappa shape index (κ3) is 2.70. The van der Waals surface area contributed by atoms with E-state index in [1.54, 1.807) is 7.11 Å². The van der Waals surface area contributed by atoms with E-state index in [-0.39, 0.29) is 5.78 Å². The van der Waals surface area contributed by atoms with Crippen molar-refractivity contribution < 1.29 is 13.9 Å². The number of para-hydroxylation sites is 1. The van der Waals surface area contributed by atoms with Gasteiger partial charge in [-0.15, -0.1) is 0 Å². The Morgan fingerprint density at radius 2 is 1.52 bits per heavy atom. The fourth-order valence-electron chi connectivity index (χ4n) is 2.95. The average Bonchev–Trinajstić information content (AvgIpc) is 3.07. The Bertz CT molecular complexity index is 1030. The maximum Gasteiger partial charge on any atom is 0.197 e. The average molecular weight is 328 g/mol. The zero-order chi connectivity index (χ0) is 17.2. The molecule has 1 heterocycles. The molecule has 4 rings (SSSR count). The van der Waals surface area contributed by atoms with Gasteiger partial charge in [0.25, 0.3) is 0 Å². The van der Waals surface area contributed by atoms with Crippen molar-refractivity contribution in [3.8, 4) is 17.1 Å². The lowest BCUT2D eigenvalue weighted by atomic mass is 9.97. The summed E-state index contributed by atoms with van der Waals surface area (Å²) < 4.78 is 11.3. The number of hydrogen-bond acceptors (Lipinski definition) is 3. The minimum absolute atomic E-state index is 0.0450. The van der Waals surface area contributed by atoms with Crippen LogP contribution in [0.1, 0.15) is 15.9 Å². The highest BCUT2D eigenvalue weighted by molar-refractivity contribution is 6.19. The fourth-order valence-corrected chi connectivity index (χ4v) is 2.95. The van der Waals surface area contributed by atoms with E-state index in [9.17, 15) is 4.79 Å². The highest BCUT2D eigenvalue weighted by Gasteiger charge is 2.22. The van der Waals surface area contributed by atoms with Crippen molar-refractivity contribution in [2.75, 3.05) is 7.11 Å². The predicted octanol–water partition coefficient (Wildman–Crippen LogP) is 5.34. The summed E-state index contributed by atoms with van der Waals surface area (Å²) in [4.78, 5) is 13.2. The number of rotatable bonds is 4. The molecule has 0 atom stereocenters. The standard InChI is InChI=1S/C22H16O3/c1-24-17-13-11-16(12-14-17)22-20(18-9-5-6-10-19(18)25-22)21(23)15-7-3-2-4-8-15/h2-14H,1H3. The Hall–Kier alpha value is -3.33. The lowest BCUT2D eigenvalue weighted by Crippen LogP contribution is -2.01. The predicted molar refractivity (Wildman–Crippen MR) is 98.1 cm³/mol. The third-order valence-electron chi connectivity index (χ3n) is 4.21. The van der Waals surface area contributed by atoms with Gasteiger partial charge in [-0.1, -0.05) is 48.5 Å². The van der Waals surface area contributed by atoms with Crippen LogP contribution in [0.4, 0.5) is 0 Å². The summed E-state index contributed by atoms with van der Waals surface area (Å²) in [5.41, 5.74) is 2.78. The Morgan fingerprint density at radius 3 is 2.24 bits per heavy atom. The molecule has 0 fully saturated rings. The van der Waals surface area contributed by atoms with E-state index < -0.39 is 0 Å². The largest absolute Gasteiger partial charge is 0.497 e. The van der Waals surface area contributed by atoms with Crippen molar-refractivity contribution >= 4 is 16.8 Å². The van der Waals surface area contributed by atoms with Crippen molar-refractivity contribution in [2.45, 2.75) is 0 Å². The van der Waals surface area contributed by atoms with E-state index >= 15 is 0 Å². The van der Waals surface area contributed by atoms with Gasteiger partial charge in [0.2, 0.25) is 0 Å². The Balaban J connectivity index is 1.93. The van der Waals surface area contributed by atoms with Crippen LogP contribution in [0.5, 0.6) is 5.75 Å². The molecule has 0 N–H and O–H groups in total. The normalized spacial score (nSPS) is 10.8. The van der Waals surface area contributed by atoms with Crippen molar-refractivity contribution in [3.05, 3.63) is 90.0 Å². The molecule has 0 bridgehead atoms. The van der Waals surface area contributed by atoms with Crippen molar-refractivity contribution in [2.24, 2.45) is 0 Å². The second-order valence-electron chi connectivity index (χ2n) is 5.73. The smallest absolute Gasteiger partial charge is 0.197 e. The van der Waals surface area contributed by atoms with Crippen LogP contribution in [0.25, 0.3) is 22.3 Å². The summed E-state index contributed by atoms with van der Waals surface area (Å²) in [5.74, 6) is 1.30. The van der Waals surface area contributed by atoms with E-state index in [2.05, 4.69) is 0 Å². The van der Waals surface area contributed by atoms with Gasteiger partial charge in [-0.3, -0.25) is 4.79 Å². The van der Waals surface area contributed by atoms with Crippen molar-refractivity contribution in [3.63, 3.8) is 0 Å². The number of fused-ring (bicyclic) bond motifs is 1. The van der Waals surface area contributed by atoms with E-state index in [1.807, 2.05) is 78.9 Å². The first-order valence-electron chi connectivity index (χ1n) is 8.03. The zero-order valence-corrected chi connectivity index (χ0v) is 13.7. The van der Waals surface area contributed by atoms with Gasteiger partial charge in [0, 0.05) is 16.5 Å². The van der Waals surface area contributed by atoms with Crippen LogP contribution in [0, 0.1) is 0 Å². The third-order valence-corrected chi connectivity index (χ3v) is 4.21. The molecule has 25 heavy (non-hydrogen) atoms. The van der Waals surface area contributed by atoms with Gasteiger partial charge in [-0.25, -0.2) is 0 Å². The first-order chi connectivity index (χ1) is 12.3. The molecular weight excluding hydrogens is 312 g/mol. The van der Waals surface area contributed by atoms with Crippen LogP contribution >= 0.6 is 0 Å². The Kier molecular flexibility index (Phi) is 3.82. The second-order valence-corrected chi connectivity index (χ2v) is 5.73. The molecule has 0 unspecified atom stereocenters. The van der Waals surface area contributed by atoms with Crippen LogP contribution in [-0.4, -0.2) is 12.9 Å². The van der Waals surface area contributed by atoms with E-state index in [0.717, 1.165) is 16.7 Å². The minimum atomic E-state index is -0.0450. The highest BCUT2D eigenvalue weighted by atomic mass is 16.5. The number of carbonyl (C=O) groups excluding carboxylic acids is 1. The molecule has 0 radical (unpaired) electrons. The van der Waals surface area contributed by atoms with Gasteiger partial charge in [0.15, 0.2) is 5.78 Å². The van der Waals surface area contributed by atoms with Gasteiger partial charge in [-0.05, 0) is 30.3 Å². The first kappa shape index (κ1) is 15.2. The number of furan rings is 1. The number of ketones is 1. The van der Waals surface area contributed by atoms with E-state index in [4.69, 9.17) is 9.15 Å². The molecule has 122 valence electrons. The maximum absolute atomic E-state index is 13.2. The molecule has 3 nitrogen and oxygen atoms in total. The Morgan fingerprint density at radius 1 is 0.840 bits per heavy atom. The number of hydrogen-bond donors (Lipinski definition) is 0. The summed E-state index contributed by atoms with van der Waals surface area (Å²) in [6.07, 6.45) is 0. The summed E-state index contributed by atoms with van der Waals surface area (Å²) in [6.45, 7) is 0. The maximum atomic E-state index is 13.2. The van der Waals surface area contributed by atoms with Crippen LogP contribution in [-0.2, 0) is 0 Å². The van der Waals surface area contributed by atoms with Gasteiger partial charge >= 0.3 is 0 Å². The first-order valence-corrected chi connectivity index (χ1v) is 8.03. The van der Waals surface area contributed by atoms with Crippen LogP contribution in [0.15, 0.2) is 83.3 Å². The molecule has 0 aliphatic heterocycles. The number of benzene rings is 3. The minimum Gasteiger partial charge on any atom is -0.497 e. The SMILES string of the molecule is COc1ccc(-c2oc3ccccc3c2C(=O)c2ccccc2)cc1. The molecule has 0 saturated heterocycles. The molecule has 3 heteroatoms. The molecule has 3 aromatic carbocycles. The lowest BCUT2D eigenvalue weighted by Gasteiger charge is -2.05. The summed E-state index contributed by atoms with van der Waals surface area (Å²) >= 11 is 0. The monoisotopic (exact) mass is 328 g/mol. The van der Waals surface area contributed by atoms with Crippen molar-refractivity contribution in [1.82, 2.24) is 0 Å². The highest BCUT2D eigenvalue weighted by Crippen LogP contribution is 2.35. The molecule has 0 aliphatic carbocycles. The zero-order valence-electron chi connectivity index (χ0n) is 13.7. The van der Waals surface area contributed by atoms with Gasteiger partial charge in [0.1, 0.15) is 17.1 Å². The summed E-state index contributed by atoms with van der Waals surface area (Å²) in [7, 11) is 1.63. The van der Waals surface area contributed by atoms with Gasteiger partial charge in [-0.2, -0.15) is 0 Å². The van der Waals surface area contributed by atoms with Crippen LogP contribution in [0.2, 0.25) is 0 Å². The lowest BCUT2D eigenvalue weighted by molar-refractivity contribution is 0.104. The molecule has 4 aromatic rings. The van der Waals surface area contributed by atoms with Gasteiger partial charge in [0.05, 0.1) is 12.7 Å². The fraction of sp³-hybridized carbons (Fsp3) is 0.0455. The molecule has 0 amide bonds.